The summed E-state index contributed by atoms with van der Waals surface area (Å²) in [7, 11) is 1.97. The van der Waals surface area contributed by atoms with Gasteiger partial charge in [0.15, 0.2) is 11.4 Å². The third-order valence-corrected chi connectivity index (χ3v) is 3.70. The van der Waals surface area contributed by atoms with Gasteiger partial charge in [-0.3, -0.25) is 4.90 Å². The molecule has 1 saturated heterocycles. The number of aromatic nitrogens is 2. The second-order valence-corrected chi connectivity index (χ2v) is 5.13. The molecule has 1 aliphatic rings. The Morgan fingerprint density at radius 3 is 2.76 bits per heavy atom. The van der Waals surface area contributed by atoms with Crippen molar-refractivity contribution >= 4 is 5.97 Å². The van der Waals surface area contributed by atoms with Gasteiger partial charge in [0.25, 0.3) is 0 Å². The highest BCUT2D eigenvalue weighted by atomic mass is 16.5. The highest BCUT2D eigenvalue weighted by Crippen LogP contribution is 2.31. The topological polar surface area (TPSA) is 67.6 Å². The molecule has 0 aliphatic carbocycles. The molecule has 0 saturated carbocycles. The molecule has 6 nitrogen and oxygen atoms in total. The van der Waals surface area contributed by atoms with E-state index >= 15 is 0 Å². The number of nitrogens with zero attached hydrogens (tertiary/aromatic N) is 3. The molecular weight excluding hydrogens is 270 g/mol. The number of benzene rings is 1. The lowest BCUT2D eigenvalue weighted by Crippen LogP contribution is -2.26. The zero-order valence-corrected chi connectivity index (χ0v) is 11.8. The van der Waals surface area contributed by atoms with Gasteiger partial charge in [-0.25, -0.2) is 9.48 Å². The first-order valence-corrected chi connectivity index (χ1v) is 6.91. The first kappa shape index (κ1) is 13.6. The number of para-hydroxylation sites is 1. The lowest BCUT2D eigenvalue weighted by atomic mass is 10.3. The van der Waals surface area contributed by atoms with Gasteiger partial charge in [-0.15, -0.1) is 0 Å². The van der Waals surface area contributed by atoms with Crippen molar-refractivity contribution < 1.29 is 14.6 Å². The number of likely N-dealkylation sites (tertiary alicyclic amines) is 1. The van der Waals surface area contributed by atoms with E-state index in [0.717, 1.165) is 19.4 Å². The molecule has 1 unspecified atom stereocenters. The Morgan fingerprint density at radius 1 is 1.38 bits per heavy atom. The van der Waals surface area contributed by atoms with E-state index in [9.17, 15) is 9.90 Å². The molecule has 0 spiro atoms. The minimum absolute atomic E-state index is 0.0239. The molecule has 1 aromatic heterocycles. The maximum atomic E-state index is 11.6. The van der Waals surface area contributed by atoms with E-state index in [4.69, 9.17) is 4.74 Å². The van der Waals surface area contributed by atoms with Gasteiger partial charge in [0.2, 0.25) is 0 Å². The average molecular weight is 287 g/mol. The minimum Gasteiger partial charge on any atom is -0.476 e. The predicted molar refractivity (Wildman–Crippen MR) is 76.6 cm³/mol. The molecule has 2 heterocycles. The third-order valence-electron chi connectivity index (χ3n) is 3.70. The smallest absolute Gasteiger partial charge is 0.358 e. The van der Waals surface area contributed by atoms with E-state index in [-0.39, 0.29) is 17.6 Å². The van der Waals surface area contributed by atoms with Gasteiger partial charge in [-0.1, -0.05) is 18.2 Å². The number of carboxylic acids is 1. The molecule has 0 radical (unpaired) electrons. The fourth-order valence-corrected chi connectivity index (χ4v) is 2.67. The third kappa shape index (κ3) is 2.62. The summed E-state index contributed by atoms with van der Waals surface area (Å²) >= 11 is 0. The molecule has 6 heteroatoms. The van der Waals surface area contributed by atoms with E-state index < -0.39 is 5.97 Å². The first-order chi connectivity index (χ1) is 10.2. The summed E-state index contributed by atoms with van der Waals surface area (Å²) in [4.78, 5) is 13.7. The quantitative estimate of drug-likeness (QED) is 0.936. The predicted octanol–water partition coefficient (Wildman–Crippen LogP) is 2.60. The molecule has 110 valence electrons. The molecule has 1 atom stereocenters. The monoisotopic (exact) mass is 287 g/mol. The van der Waals surface area contributed by atoms with Crippen LogP contribution in [-0.4, -0.2) is 39.3 Å². The van der Waals surface area contributed by atoms with Crippen molar-refractivity contribution in [3.8, 4) is 11.5 Å². The summed E-state index contributed by atoms with van der Waals surface area (Å²) in [5, 5.41) is 13.7. The van der Waals surface area contributed by atoms with Gasteiger partial charge in [-0.2, -0.15) is 5.10 Å². The zero-order chi connectivity index (χ0) is 14.8. The maximum Gasteiger partial charge on any atom is 0.358 e. The maximum absolute atomic E-state index is 11.6. The number of rotatable bonds is 4. The summed E-state index contributed by atoms with van der Waals surface area (Å²) in [6.45, 7) is 0.943. The fraction of sp³-hybridized carbons (Fsp3) is 0.333. The van der Waals surface area contributed by atoms with Crippen molar-refractivity contribution in [3.63, 3.8) is 0 Å². The second kappa shape index (κ2) is 5.57. The van der Waals surface area contributed by atoms with Gasteiger partial charge >= 0.3 is 5.97 Å². The van der Waals surface area contributed by atoms with Crippen LogP contribution in [0.5, 0.6) is 11.5 Å². The van der Waals surface area contributed by atoms with E-state index in [1.165, 1.54) is 6.20 Å². The van der Waals surface area contributed by atoms with Crippen LogP contribution in [0.2, 0.25) is 0 Å². The van der Waals surface area contributed by atoms with Crippen molar-refractivity contribution in [2.24, 2.45) is 0 Å². The van der Waals surface area contributed by atoms with Crippen LogP contribution in [0.4, 0.5) is 0 Å². The van der Waals surface area contributed by atoms with Crippen molar-refractivity contribution in [1.82, 2.24) is 14.7 Å². The number of ether oxygens (including phenoxy) is 1. The van der Waals surface area contributed by atoms with Gasteiger partial charge in [0, 0.05) is 0 Å². The Bertz CT molecular complexity index is 639. The van der Waals surface area contributed by atoms with Crippen molar-refractivity contribution in [3.05, 3.63) is 42.2 Å². The summed E-state index contributed by atoms with van der Waals surface area (Å²) < 4.78 is 7.21. The lowest BCUT2D eigenvalue weighted by Gasteiger charge is -2.21. The molecule has 1 aromatic carbocycles. The van der Waals surface area contributed by atoms with Crippen LogP contribution in [0, 0.1) is 0 Å². The van der Waals surface area contributed by atoms with Crippen LogP contribution in [-0.2, 0) is 0 Å². The number of carboxylic acid groups (broad SMARTS) is 1. The molecular formula is C15H17N3O3. The van der Waals surface area contributed by atoms with Gasteiger partial charge in [0.05, 0.1) is 6.20 Å². The number of aromatic carboxylic acids is 1. The fourth-order valence-electron chi connectivity index (χ4n) is 2.67. The summed E-state index contributed by atoms with van der Waals surface area (Å²) in [6.07, 6.45) is 3.38. The van der Waals surface area contributed by atoms with Crippen LogP contribution in [0.25, 0.3) is 0 Å². The van der Waals surface area contributed by atoms with Crippen LogP contribution < -0.4 is 4.74 Å². The van der Waals surface area contributed by atoms with Gasteiger partial charge in [0.1, 0.15) is 11.9 Å². The molecule has 0 amide bonds. The number of hydrogen-bond donors (Lipinski definition) is 1. The van der Waals surface area contributed by atoms with E-state index in [2.05, 4.69) is 10.00 Å². The molecule has 1 N–H and O–H groups in total. The normalized spacial score (nSPS) is 18.8. The molecule has 0 bridgehead atoms. The summed E-state index contributed by atoms with van der Waals surface area (Å²) in [5.41, 5.74) is 0.0950. The van der Waals surface area contributed by atoms with E-state index in [0.29, 0.717) is 5.75 Å². The highest BCUT2D eigenvalue weighted by Gasteiger charge is 2.30. The van der Waals surface area contributed by atoms with Crippen LogP contribution in [0.15, 0.2) is 36.5 Å². The molecule has 21 heavy (non-hydrogen) atoms. The molecule has 3 rings (SSSR count). The second-order valence-electron chi connectivity index (χ2n) is 5.13. The van der Waals surface area contributed by atoms with Crippen LogP contribution >= 0.6 is 0 Å². The average Bonchev–Trinajstić information content (AvgIpc) is 3.06. The first-order valence-electron chi connectivity index (χ1n) is 6.91. The van der Waals surface area contributed by atoms with Crippen LogP contribution in [0.3, 0.4) is 0 Å². The van der Waals surface area contributed by atoms with E-state index in [1.807, 2.05) is 25.2 Å². The summed E-state index contributed by atoms with van der Waals surface area (Å²) in [6, 6.07) is 9.12. The Kier molecular flexibility index (Phi) is 3.62. The Balaban J connectivity index is 1.95. The van der Waals surface area contributed by atoms with Crippen molar-refractivity contribution in [2.75, 3.05) is 13.6 Å². The SMILES string of the molecule is CN1CCCC1n1ncc(Oc2ccccc2)c1C(=O)O. The zero-order valence-electron chi connectivity index (χ0n) is 11.8. The standard InChI is InChI=1S/C15H17N3O3/c1-17-9-5-8-13(17)18-14(15(19)20)12(10-16-18)21-11-6-3-2-4-7-11/h2-4,6-7,10,13H,5,8-9H2,1H3,(H,19,20). The summed E-state index contributed by atoms with van der Waals surface area (Å²) in [5.74, 6) is -0.160. The number of carbonyl (C=O) groups is 1. The van der Waals surface area contributed by atoms with Crippen molar-refractivity contribution in [1.29, 1.82) is 0 Å². The Hall–Kier alpha value is -2.34. The molecule has 2 aromatic rings. The molecule has 1 fully saturated rings. The van der Waals surface area contributed by atoms with E-state index in [1.54, 1.807) is 16.8 Å². The van der Waals surface area contributed by atoms with Crippen LogP contribution in [0.1, 0.15) is 29.5 Å². The Labute approximate surface area is 122 Å². The van der Waals surface area contributed by atoms with Gasteiger partial charge in [-0.05, 0) is 38.6 Å². The number of hydrogen-bond acceptors (Lipinski definition) is 4. The molecule has 1 aliphatic heterocycles. The highest BCUT2D eigenvalue weighted by molar-refractivity contribution is 5.89. The van der Waals surface area contributed by atoms with Crippen molar-refractivity contribution in [2.45, 2.75) is 19.0 Å². The largest absolute Gasteiger partial charge is 0.476 e. The minimum atomic E-state index is -1.03. The Morgan fingerprint density at radius 2 is 2.14 bits per heavy atom. The lowest BCUT2D eigenvalue weighted by molar-refractivity contribution is 0.0667. The van der Waals surface area contributed by atoms with Gasteiger partial charge < -0.3 is 9.84 Å².